The molecule has 0 saturated heterocycles. The molecule has 0 aliphatic carbocycles. The molecule has 0 aliphatic heterocycles. The van der Waals surface area contributed by atoms with Crippen molar-refractivity contribution in [3.05, 3.63) is 22.9 Å². The van der Waals surface area contributed by atoms with E-state index < -0.39 is 0 Å². The first-order valence-corrected chi connectivity index (χ1v) is 6.28. The van der Waals surface area contributed by atoms with Crippen LogP contribution in [-0.2, 0) is 0 Å². The number of halogens is 1. The van der Waals surface area contributed by atoms with Crippen LogP contribution in [0.3, 0.4) is 0 Å². The number of anilines is 1. The van der Waals surface area contributed by atoms with Crippen LogP contribution in [0.15, 0.2) is 22.9 Å². The highest BCUT2D eigenvalue weighted by molar-refractivity contribution is 9.10. The van der Waals surface area contributed by atoms with Gasteiger partial charge in [0.05, 0.1) is 10.7 Å². The van der Waals surface area contributed by atoms with Crippen molar-refractivity contribution in [2.45, 2.75) is 19.9 Å². The van der Waals surface area contributed by atoms with Gasteiger partial charge in [0.25, 0.3) is 0 Å². The largest absolute Gasteiger partial charge is 0.396 e. The Balaban J connectivity index is 2.21. The quantitative estimate of drug-likeness (QED) is 0.905. The summed E-state index contributed by atoms with van der Waals surface area (Å²) in [4.78, 5) is 4.45. The molecule has 2 unspecified atom stereocenters. The Morgan fingerprint density at radius 2 is 2.29 bits per heavy atom. The maximum Gasteiger partial charge on any atom is 0.171 e. The van der Waals surface area contributed by atoms with Crippen LogP contribution < -0.4 is 5.32 Å². The second-order valence-electron chi connectivity index (χ2n) is 4.17. The van der Waals surface area contributed by atoms with Gasteiger partial charge in [-0.15, -0.1) is 0 Å². The third kappa shape index (κ3) is 2.58. The van der Waals surface area contributed by atoms with Gasteiger partial charge in [-0.1, -0.05) is 6.92 Å². The monoisotopic (exact) mass is 298 g/mol. The predicted octanol–water partition coefficient (Wildman–Crippen LogP) is 1.92. The summed E-state index contributed by atoms with van der Waals surface area (Å²) in [6.07, 6.45) is 3.57. The number of aromatic nitrogens is 3. The number of aliphatic hydroxyl groups excluding tert-OH is 1. The van der Waals surface area contributed by atoms with Crippen LogP contribution in [0.5, 0.6) is 0 Å². The Morgan fingerprint density at radius 3 is 3.00 bits per heavy atom. The Bertz CT molecular complexity index is 513. The number of nitrogens with zero attached hydrogens (tertiary/aromatic N) is 3. The van der Waals surface area contributed by atoms with Crippen molar-refractivity contribution in [3.8, 4) is 0 Å². The van der Waals surface area contributed by atoms with Crippen LogP contribution >= 0.6 is 15.9 Å². The van der Waals surface area contributed by atoms with Gasteiger partial charge in [-0.05, 0) is 34.8 Å². The van der Waals surface area contributed by atoms with E-state index in [0.717, 1.165) is 15.9 Å². The van der Waals surface area contributed by atoms with Crippen molar-refractivity contribution < 1.29 is 5.11 Å². The van der Waals surface area contributed by atoms with E-state index in [1.807, 2.05) is 26.1 Å². The average Bonchev–Trinajstić information content (AvgIpc) is 2.70. The normalized spacial score (nSPS) is 14.8. The van der Waals surface area contributed by atoms with Gasteiger partial charge in [0.1, 0.15) is 5.82 Å². The zero-order valence-electron chi connectivity index (χ0n) is 9.76. The molecule has 0 aromatic carbocycles. The van der Waals surface area contributed by atoms with E-state index >= 15 is 0 Å². The molecule has 2 aromatic heterocycles. The van der Waals surface area contributed by atoms with Crippen LogP contribution in [0.4, 0.5) is 5.82 Å². The second-order valence-corrected chi connectivity index (χ2v) is 5.02. The highest BCUT2D eigenvalue weighted by Crippen LogP contribution is 2.18. The van der Waals surface area contributed by atoms with Crippen molar-refractivity contribution in [3.63, 3.8) is 0 Å². The van der Waals surface area contributed by atoms with Gasteiger partial charge in [-0.25, -0.2) is 9.50 Å². The Kier molecular flexibility index (Phi) is 3.63. The minimum Gasteiger partial charge on any atom is -0.396 e. The molecule has 92 valence electrons. The van der Waals surface area contributed by atoms with E-state index in [2.05, 4.69) is 31.3 Å². The molecule has 17 heavy (non-hydrogen) atoms. The molecule has 0 spiro atoms. The predicted molar refractivity (Wildman–Crippen MR) is 70.0 cm³/mol. The number of hydrogen-bond acceptors (Lipinski definition) is 4. The summed E-state index contributed by atoms with van der Waals surface area (Å²) in [5.74, 6) is 0.966. The van der Waals surface area contributed by atoms with E-state index in [-0.39, 0.29) is 18.6 Å². The van der Waals surface area contributed by atoms with Crippen LogP contribution in [-0.4, -0.2) is 32.4 Å². The summed E-state index contributed by atoms with van der Waals surface area (Å²) in [5, 5.41) is 16.5. The molecule has 0 amide bonds. The number of aliphatic hydroxyl groups is 1. The van der Waals surface area contributed by atoms with Gasteiger partial charge in [-0.2, -0.15) is 5.10 Å². The maximum atomic E-state index is 9.08. The summed E-state index contributed by atoms with van der Waals surface area (Å²) in [5.41, 5.74) is 0.777. The van der Waals surface area contributed by atoms with Gasteiger partial charge in [0.15, 0.2) is 5.65 Å². The third-order valence-electron chi connectivity index (χ3n) is 2.84. The maximum absolute atomic E-state index is 9.08. The van der Waals surface area contributed by atoms with Gasteiger partial charge >= 0.3 is 0 Å². The zero-order valence-corrected chi connectivity index (χ0v) is 11.3. The SMILES string of the molecule is CC(CO)C(C)Nc1ccn2ncc(Br)c2n1. The summed E-state index contributed by atoms with van der Waals surface area (Å²) in [6, 6.07) is 2.03. The standard InChI is InChI=1S/C11H15BrN4O/c1-7(6-17)8(2)14-10-3-4-16-11(15-10)9(12)5-13-16/h3-5,7-8,17H,6H2,1-2H3,(H,14,15). The van der Waals surface area contributed by atoms with E-state index in [9.17, 15) is 0 Å². The molecule has 0 aliphatic rings. The minimum absolute atomic E-state index is 0.160. The van der Waals surface area contributed by atoms with Crippen molar-refractivity contribution in [2.24, 2.45) is 5.92 Å². The molecular formula is C11H15BrN4O. The Labute approximate surface area is 108 Å². The fourth-order valence-electron chi connectivity index (χ4n) is 1.46. The first kappa shape index (κ1) is 12.3. The number of nitrogens with one attached hydrogen (secondary N) is 1. The molecule has 6 heteroatoms. The van der Waals surface area contributed by atoms with Crippen LogP contribution in [0.1, 0.15) is 13.8 Å². The molecule has 2 rings (SSSR count). The van der Waals surface area contributed by atoms with Gasteiger partial charge < -0.3 is 10.4 Å². The van der Waals surface area contributed by atoms with E-state index in [1.54, 1.807) is 10.7 Å². The minimum atomic E-state index is 0.160. The van der Waals surface area contributed by atoms with Crippen molar-refractivity contribution in [1.82, 2.24) is 14.6 Å². The molecule has 0 bridgehead atoms. The van der Waals surface area contributed by atoms with E-state index in [1.165, 1.54) is 0 Å². The van der Waals surface area contributed by atoms with Gasteiger partial charge in [-0.3, -0.25) is 0 Å². The Morgan fingerprint density at radius 1 is 1.53 bits per heavy atom. The smallest absolute Gasteiger partial charge is 0.171 e. The third-order valence-corrected chi connectivity index (χ3v) is 3.40. The van der Waals surface area contributed by atoms with Crippen molar-refractivity contribution in [2.75, 3.05) is 11.9 Å². The van der Waals surface area contributed by atoms with Crippen molar-refractivity contribution in [1.29, 1.82) is 0 Å². The molecular weight excluding hydrogens is 284 g/mol. The number of fused-ring (bicyclic) bond motifs is 1. The van der Waals surface area contributed by atoms with E-state index in [0.29, 0.717) is 0 Å². The average molecular weight is 299 g/mol. The molecule has 2 heterocycles. The number of hydrogen-bond donors (Lipinski definition) is 2. The highest BCUT2D eigenvalue weighted by atomic mass is 79.9. The molecule has 2 N–H and O–H groups in total. The molecule has 0 fully saturated rings. The lowest BCUT2D eigenvalue weighted by Gasteiger charge is -2.19. The summed E-state index contributed by atoms with van der Waals surface area (Å²) < 4.78 is 2.57. The summed E-state index contributed by atoms with van der Waals surface area (Å²) >= 11 is 3.40. The summed E-state index contributed by atoms with van der Waals surface area (Å²) in [7, 11) is 0. The van der Waals surface area contributed by atoms with E-state index in [4.69, 9.17) is 5.11 Å². The second kappa shape index (κ2) is 5.01. The molecule has 0 radical (unpaired) electrons. The molecule has 5 nitrogen and oxygen atoms in total. The Hall–Kier alpha value is -1.14. The van der Waals surface area contributed by atoms with Crippen LogP contribution in [0.2, 0.25) is 0 Å². The van der Waals surface area contributed by atoms with Crippen LogP contribution in [0, 0.1) is 5.92 Å². The van der Waals surface area contributed by atoms with Gasteiger partial charge in [0.2, 0.25) is 0 Å². The summed E-state index contributed by atoms with van der Waals surface area (Å²) in [6.45, 7) is 4.18. The first-order valence-electron chi connectivity index (χ1n) is 5.49. The first-order chi connectivity index (χ1) is 8.11. The molecule has 2 aromatic rings. The lowest BCUT2D eigenvalue weighted by molar-refractivity contribution is 0.226. The zero-order chi connectivity index (χ0) is 12.4. The van der Waals surface area contributed by atoms with Gasteiger partial charge in [0, 0.05) is 18.8 Å². The van der Waals surface area contributed by atoms with Crippen molar-refractivity contribution >= 4 is 27.4 Å². The van der Waals surface area contributed by atoms with Crippen LogP contribution in [0.25, 0.3) is 5.65 Å². The highest BCUT2D eigenvalue weighted by Gasteiger charge is 2.12. The topological polar surface area (TPSA) is 62.5 Å². The molecule has 0 saturated carbocycles. The number of rotatable bonds is 4. The molecule has 2 atom stereocenters. The fraction of sp³-hybridized carbons (Fsp3) is 0.455. The lowest BCUT2D eigenvalue weighted by Crippen LogP contribution is -2.26. The lowest BCUT2D eigenvalue weighted by atomic mass is 10.1. The fourth-order valence-corrected chi connectivity index (χ4v) is 1.82.